The predicted octanol–water partition coefficient (Wildman–Crippen LogP) is 5.82. The van der Waals surface area contributed by atoms with E-state index in [9.17, 15) is 20.2 Å². The molecule has 7 nitrogen and oxygen atoms in total. The Morgan fingerprint density at radius 3 is 2.59 bits per heavy atom. The lowest BCUT2D eigenvalue weighted by Gasteiger charge is -2.04. The molecule has 0 atom stereocenters. The van der Waals surface area contributed by atoms with Crippen LogP contribution in [0.3, 0.4) is 0 Å². The highest BCUT2D eigenvalue weighted by molar-refractivity contribution is 9.10. The van der Waals surface area contributed by atoms with Gasteiger partial charge in [-0.05, 0) is 36.4 Å². The van der Waals surface area contributed by atoms with Crippen molar-refractivity contribution < 1.29 is 14.1 Å². The number of amides is 1. The Hall–Kier alpha value is -3.41. The molecule has 3 rings (SSSR count). The lowest BCUT2D eigenvalue weighted by atomic mass is 10.2. The molecule has 0 saturated heterocycles. The smallest absolute Gasteiger partial charge is 0.289 e. The van der Waals surface area contributed by atoms with Crippen molar-refractivity contribution in [3.8, 4) is 17.4 Å². The monoisotopic (exact) mass is 471 g/mol. The first-order valence-electron chi connectivity index (χ1n) is 8.10. The predicted molar refractivity (Wildman–Crippen MR) is 112 cm³/mol. The maximum atomic E-state index is 12.4. The summed E-state index contributed by atoms with van der Waals surface area (Å²) in [5.74, 6) is 0.164. The summed E-state index contributed by atoms with van der Waals surface area (Å²) >= 11 is 9.11. The molecular weight excluding hydrogens is 462 g/mol. The summed E-state index contributed by atoms with van der Waals surface area (Å²) < 4.78 is 6.61. The molecule has 0 unspecified atom stereocenters. The van der Waals surface area contributed by atoms with Gasteiger partial charge in [0.15, 0.2) is 0 Å². The van der Waals surface area contributed by atoms with Gasteiger partial charge in [0.05, 0.1) is 4.92 Å². The maximum Gasteiger partial charge on any atom is 0.289 e. The van der Waals surface area contributed by atoms with Crippen molar-refractivity contribution in [3.05, 3.63) is 85.5 Å². The average Bonchev–Trinajstić information content (AvgIpc) is 3.16. The first-order chi connectivity index (χ1) is 13.9. The van der Waals surface area contributed by atoms with E-state index in [4.69, 9.17) is 16.0 Å². The number of carbonyl (C=O) groups excluding carboxylic acids is 1. The number of nitro groups is 1. The summed E-state index contributed by atoms with van der Waals surface area (Å²) in [6.45, 7) is 0. The summed E-state index contributed by atoms with van der Waals surface area (Å²) in [6, 6.07) is 16.4. The van der Waals surface area contributed by atoms with Crippen molar-refractivity contribution in [1.29, 1.82) is 5.26 Å². The van der Waals surface area contributed by atoms with Crippen molar-refractivity contribution in [2.45, 2.75) is 0 Å². The lowest BCUT2D eigenvalue weighted by Crippen LogP contribution is -2.13. The van der Waals surface area contributed by atoms with Crippen LogP contribution in [0.4, 0.5) is 11.4 Å². The number of nitro benzene ring substituents is 1. The van der Waals surface area contributed by atoms with Crippen molar-refractivity contribution in [1.82, 2.24) is 0 Å². The number of halogens is 2. The molecule has 0 bridgehead atoms. The normalized spacial score (nSPS) is 11.0. The first kappa shape index (κ1) is 20.3. The molecule has 0 aliphatic heterocycles. The van der Waals surface area contributed by atoms with Crippen LogP contribution in [0.25, 0.3) is 17.4 Å². The minimum absolute atomic E-state index is 0.0555. The van der Waals surface area contributed by atoms with Crippen LogP contribution in [0, 0.1) is 21.4 Å². The number of nitriles is 1. The number of furan rings is 1. The zero-order chi connectivity index (χ0) is 21.0. The molecule has 0 radical (unpaired) electrons. The van der Waals surface area contributed by atoms with Crippen molar-refractivity contribution in [2.75, 3.05) is 5.32 Å². The second kappa shape index (κ2) is 8.73. The average molecular weight is 473 g/mol. The standard InChI is InChI=1S/C20H11BrClN3O4/c21-14-3-1-12(2-4-14)19-8-6-16(29-19)9-13(11-23)20(26)24-15-5-7-17(22)18(10-15)25(27)28/h1-10H,(H,24,26). The third-order valence-corrected chi connectivity index (χ3v) is 4.66. The van der Waals surface area contributed by atoms with Crippen LogP contribution in [0.15, 0.2) is 69.1 Å². The van der Waals surface area contributed by atoms with E-state index in [0.29, 0.717) is 11.5 Å². The fourth-order valence-electron chi connectivity index (χ4n) is 2.42. The quantitative estimate of drug-likeness (QED) is 0.218. The van der Waals surface area contributed by atoms with Crippen LogP contribution in [0.5, 0.6) is 0 Å². The van der Waals surface area contributed by atoms with Crippen LogP contribution < -0.4 is 5.32 Å². The van der Waals surface area contributed by atoms with E-state index in [1.807, 2.05) is 24.3 Å². The number of hydrogen-bond donors (Lipinski definition) is 1. The third-order valence-electron chi connectivity index (χ3n) is 3.81. The Kier molecular flexibility index (Phi) is 6.12. The van der Waals surface area contributed by atoms with Gasteiger partial charge >= 0.3 is 0 Å². The second-order valence-electron chi connectivity index (χ2n) is 5.76. The van der Waals surface area contributed by atoms with Crippen LogP contribution in [0.2, 0.25) is 5.02 Å². The van der Waals surface area contributed by atoms with E-state index in [1.165, 1.54) is 18.2 Å². The van der Waals surface area contributed by atoms with Crippen LogP contribution in [-0.2, 0) is 4.79 Å². The highest BCUT2D eigenvalue weighted by Crippen LogP contribution is 2.28. The summed E-state index contributed by atoms with van der Waals surface area (Å²) in [4.78, 5) is 22.7. The molecule has 144 valence electrons. The van der Waals surface area contributed by atoms with Gasteiger partial charge in [0.1, 0.15) is 28.2 Å². The van der Waals surface area contributed by atoms with Gasteiger partial charge in [0, 0.05) is 27.9 Å². The van der Waals surface area contributed by atoms with Gasteiger partial charge in [-0.25, -0.2) is 0 Å². The summed E-state index contributed by atoms with van der Waals surface area (Å²) in [5.41, 5.74) is 0.406. The Bertz CT molecular complexity index is 1160. The number of nitrogens with one attached hydrogen (secondary N) is 1. The Labute approximate surface area is 178 Å². The molecule has 0 aliphatic rings. The zero-order valence-corrected chi connectivity index (χ0v) is 16.9. The topological polar surface area (TPSA) is 109 Å². The van der Waals surface area contributed by atoms with Crippen molar-refractivity contribution in [3.63, 3.8) is 0 Å². The summed E-state index contributed by atoms with van der Waals surface area (Å²) in [6.07, 6.45) is 1.29. The molecule has 1 amide bonds. The van der Waals surface area contributed by atoms with Crippen LogP contribution in [-0.4, -0.2) is 10.8 Å². The molecule has 0 spiro atoms. The number of carbonyl (C=O) groups is 1. The lowest BCUT2D eigenvalue weighted by molar-refractivity contribution is -0.384. The zero-order valence-electron chi connectivity index (χ0n) is 14.6. The largest absolute Gasteiger partial charge is 0.457 e. The van der Waals surface area contributed by atoms with Crippen LogP contribution in [0.1, 0.15) is 5.76 Å². The number of hydrogen-bond acceptors (Lipinski definition) is 5. The SMILES string of the molecule is N#CC(=Cc1ccc(-c2ccc(Br)cc2)o1)C(=O)Nc1ccc(Cl)c([N+](=O)[O-])c1. The number of anilines is 1. The molecule has 2 aromatic carbocycles. The van der Waals surface area contributed by atoms with Gasteiger partial charge in [0.25, 0.3) is 11.6 Å². The van der Waals surface area contributed by atoms with Gasteiger partial charge in [-0.2, -0.15) is 5.26 Å². The van der Waals surface area contributed by atoms with Gasteiger partial charge in [-0.3, -0.25) is 14.9 Å². The summed E-state index contributed by atoms with van der Waals surface area (Å²) in [5, 5.41) is 22.7. The molecule has 3 aromatic rings. The number of rotatable bonds is 5. The Balaban J connectivity index is 1.81. The molecule has 1 aromatic heterocycles. The van der Waals surface area contributed by atoms with Gasteiger partial charge < -0.3 is 9.73 Å². The molecule has 9 heteroatoms. The Morgan fingerprint density at radius 1 is 1.21 bits per heavy atom. The van der Waals surface area contributed by atoms with Crippen molar-refractivity contribution in [2.24, 2.45) is 0 Å². The fraction of sp³-hybridized carbons (Fsp3) is 0. The Morgan fingerprint density at radius 2 is 1.93 bits per heavy atom. The molecular formula is C20H11BrClN3O4. The van der Waals surface area contributed by atoms with E-state index < -0.39 is 10.8 Å². The highest BCUT2D eigenvalue weighted by atomic mass is 79.9. The van der Waals surface area contributed by atoms with Crippen LogP contribution >= 0.6 is 27.5 Å². The minimum atomic E-state index is -0.731. The maximum absolute atomic E-state index is 12.4. The molecule has 29 heavy (non-hydrogen) atoms. The van der Waals surface area contributed by atoms with Gasteiger partial charge in [-0.1, -0.05) is 39.7 Å². The summed E-state index contributed by atoms with van der Waals surface area (Å²) in [7, 11) is 0. The third kappa shape index (κ3) is 4.90. The van der Waals surface area contributed by atoms with Gasteiger partial charge in [0.2, 0.25) is 0 Å². The molecule has 0 aliphatic carbocycles. The number of benzene rings is 2. The first-order valence-corrected chi connectivity index (χ1v) is 9.27. The minimum Gasteiger partial charge on any atom is -0.457 e. The van der Waals surface area contributed by atoms with E-state index in [1.54, 1.807) is 18.2 Å². The van der Waals surface area contributed by atoms with Crippen molar-refractivity contribution >= 4 is 50.9 Å². The highest BCUT2D eigenvalue weighted by Gasteiger charge is 2.16. The van der Waals surface area contributed by atoms with E-state index in [2.05, 4.69) is 21.2 Å². The molecule has 0 saturated carbocycles. The van der Waals surface area contributed by atoms with E-state index in [0.717, 1.165) is 16.1 Å². The molecule has 0 fully saturated rings. The number of nitrogens with zero attached hydrogens (tertiary/aromatic N) is 2. The van der Waals surface area contributed by atoms with E-state index in [-0.39, 0.29) is 22.0 Å². The molecule has 1 heterocycles. The fourth-order valence-corrected chi connectivity index (χ4v) is 2.87. The van der Waals surface area contributed by atoms with E-state index >= 15 is 0 Å². The second-order valence-corrected chi connectivity index (χ2v) is 7.08. The molecule has 1 N–H and O–H groups in total. The van der Waals surface area contributed by atoms with Gasteiger partial charge in [-0.15, -0.1) is 0 Å².